The normalized spacial score (nSPS) is 11.8. The fraction of sp³-hybridized carbons (Fsp3) is 0.647. The molecule has 0 amide bonds. The third-order valence-electron chi connectivity index (χ3n) is 3.94. The third-order valence-corrected chi connectivity index (χ3v) is 3.94. The van der Waals surface area contributed by atoms with Gasteiger partial charge in [0.25, 0.3) is 0 Å². The van der Waals surface area contributed by atoms with Crippen molar-refractivity contribution in [3.8, 4) is 11.5 Å². The summed E-state index contributed by atoms with van der Waals surface area (Å²) < 4.78 is 11.1. The van der Waals surface area contributed by atoms with Crippen molar-refractivity contribution in [2.24, 2.45) is 0 Å². The molecular weight excluding hydrogens is 268 g/mol. The van der Waals surface area contributed by atoms with Crippen LogP contribution >= 0.6 is 0 Å². The summed E-state index contributed by atoms with van der Waals surface area (Å²) >= 11 is 0. The highest BCUT2D eigenvalue weighted by Gasteiger charge is 2.35. The zero-order valence-corrected chi connectivity index (χ0v) is 13.4. The van der Waals surface area contributed by atoms with Gasteiger partial charge in [0.05, 0.1) is 5.56 Å². The summed E-state index contributed by atoms with van der Waals surface area (Å²) in [6, 6.07) is 4.84. The molecule has 0 bridgehead atoms. The minimum Gasteiger partial charge on any atom is -0.504 e. The molecule has 0 fully saturated rings. The summed E-state index contributed by atoms with van der Waals surface area (Å²) in [6.45, 7) is 2.20. The number of phenolic OH excluding ortho intramolecular Hbond substituents is 2. The number of benzene rings is 1. The predicted octanol–water partition coefficient (Wildman–Crippen LogP) is 4.29. The maximum atomic E-state index is 10.1. The van der Waals surface area contributed by atoms with Crippen LogP contribution in [0.2, 0.25) is 0 Å². The Morgan fingerprint density at radius 3 is 2.19 bits per heavy atom. The van der Waals surface area contributed by atoms with Gasteiger partial charge in [0.1, 0.15) is 0 Å². The van der Waals surface area contributed by atoms with Gasteiger partial charge in [-0.1, -0.05) is 45.1 Å². The molecular formula is C17H28O4. The van der Waals surface area contributed by atoms with E-state index in [1.54, 1.807) is 26.4 Å². The van der Waals surface area contributed by atoms with Crippen molar-refractivity contribution in [2.75, 3.05) is 14.2 Å². The van der Waals surface area contributed by atoms with Crippen molar-refractivity contribution in [1.29, 1.82) is 0 Å². The van der Waals surface area contributed by atoms with Crippen LogP contribution in [-0.4, -0.2) is 24.4 Å². The van der Waals surface area contributed by atoms with E-state index in [9.17, 15) is 10.2 Å². The smallest absolute Gasteiger partial charge is 0.197 e. The first kappa shape index (κ1) is 17.8. The Hall–Kier alpha value is -1.26. The molecule has 1 rings (SSSR count). The number of hydrogen-bond donors (Lipinski definition) is 2. The summed E-state index contributed by atoms with van der Waals surface area (Å²) in [5.74, 6) is -1.34. The first-order chi connectivity index (χ1) is 10.1. The van der Waals surface area contributed by atoms with E-state index in [-0.39, 0.29) is 11.5 Å². The third kappa shape index (κ3) is 4.61. The van der Waals surface area contributed by atoms with E-state index in [1.807, 2.05) is 0 Å². The summed E-state index contributed by atoms with van der Waals surface area (Å²) in [4.78, 5) is 0. The van der Waals surface area contributed by atoms with Crippen molar-refractivity contribution in [2.45, 2.75) is 57.7 Å². The van der Waals surface area contributed by atoms with Crippen molar-refractivity contribution >= 4 is 0 Å². The van der Waals surface area contributed by atoms with E-state index in [2.05, 4.69) is 6.92 Å². The molecule has 0 saturated heterocycles. The zero-order chi connectivity index (χ0) is 15.7. The van der Waals surface area contributed by atoms with Crippen molar-refractivity contribution < 1.29 is 19.7 Å². The van der Waals surface area contributed by atoms with Crippen LogP contribution in [0, 0.1) is 0 Å². The van der Waals surface area contributed by atoms with E-state index in [1.165, 1.54) is 31.7 Å². The lowest BCUT2D eigenvalue weighted by Gasteiger charge is -2.32. The predicted molar refractivity (Wildman–Crippen MR) is 83.5 cm³/mol. The summed E-state index contributed by atoms with van der Waals surface area (Å²) in [7, 11) is 3.12. The maximum Gasteiger partial charge on any atom is 0.197 e. The Morgan fingerprint density at radius 2 is 1.57 bits per heavy atom. The number of hydrogen-bond acceptors (Lipinski definition) is 4. The van der Waals surface area contributed by atoms with Gasteiger partial charge in [-0.3, -0.25) is 0 Å². The Balaban J connectivity index is 2.72. The van der Waals surface area contributed by atoms with Gasteiger partial charge in [0.15, 0.2) is 17.3 Å². The molecule has 0 unspecified atom stereocenters. The van der Waals surface area contributed by atoms with Gasteiger partial charge in [-0.15, -0.1) is 0 Å². The molecule has 0 radical (unpaired) electrons. The minimum absolute atomic E-state index is 0.158. The van der Waals surface area contributed by atoms with Gasteiger partial charge in [-0.2, -0.15) is 0 Å². The summed E-state index contributed by atoms with van der Waals surface area (Å²) in [6.07, 6.45) is 7.65. The van der Waals surface area contributed by atoms with Crippen molar-refractivity contribution in [3.63, 3.8) is 0 Å². The highest BCUT2D eigenvalue weighted by molar-refractivity contribution is 5.46. The molecule has 4 nitrogen and oxygen atoms in total. The van der Waals surface area contributed by atoms with Crippen LogP contribution in [0.3, 0.4) is 0 Å². The van der Waals surface area contributed by atoms with E-state index in [0.29, 0.717) is 12.0 Å². The molecule has 0 aliphatic heterocycles. The average molecular weight is 296 g/mol. The monoisotopic (exact) mass is 296 g/mol. The molecule has 0 aromatic heterocycles. The van der Waals surface area contributed by atoms with Crippen LogP contribution in [0.4, 0.5) is 0 Å². The van der Waals surface area contributed by atoms with Crippen LogP contribution in [0.5, 0.6) is 11.5 Å². The largest absolute Gasteiger partial charge is 0.504 e. The van der Waals surface area contributed by atoms with Crippen LogP contribution in [0.15, 0.2) is 18.2 Å². The Morgan fingerprint density at radius 1 is 0.952 bits per heavy atom. The van der Waals surface area contributed by atoms with Gasteiger partial charge < -0.3 is 19.7 Å². The van der Waals surface area contributed by atoms with Gasteiger partial charge in [0.2, 0.25) is 0 Å². The second-order valence-corrected chi connectivity index (χ2v) is 5.35. The van der Waals surface area contributed by atoms with Gasteiger partial charge in [0, 0.05) is 20.6 Å². The Kier molecular flexibility index (Phi) is 7.54. The maximum absolute atomic E-state index is 10.1. The highest BCUT2D eigenvalue weighted by Crippen LogP contribution is 2.41. The van der Waals surface area contributed by atoms with Gasteiger partial charge in [-0.05, 0) is 18.6 Å². The highest BCUT2D eigenvalue weighted by atomic mass is 16.7. The lowest BCUT2D eigenvalue weighted by atomic mass is 9.97. The lowest BCUT2D eigenvalue weighted by molar-refractivity contribution is -0.221. The number of phenols is 2. The first-order valence-electron chi connectivity index (χ1n) is 7.73. The molecule has 0 aliphatic rings. The zero-order valence-electron chi connectivity index (χ0n) is 13.4. The van der Waals surface area contributed by atoms with Crippen LogP contribution in [0.25, 0.3) is 0 Å². The second kappa shape index (κ2) is 8.90. The molecule has 0 aliphatic carbocycles. The van der Waals surface area contributed by atoms with E-state index in [4.69, 9.17) is 9.47 Å². The fourth-order valence-electron chi connectivity index (χ4n) is 2.62. The van der Waals surface area contributed by atoms with E-state index < -0.39 is 5.79 Å². The van der Waals surface area contributed by atoms with Crippen LogP contribution < -0.4 is 0 Å². The molecule has 2 N–H and O–H groups in total. The molecule has 1 aromatic rings. The molecule has 0 spiro atoms. The van der Waals surface area contributed by atoms with Gasteiger partial charge >= 0.3 is 0 Å². The van der Waals surface area contributed by atoms with Crippen molar-refractivity contribution in [3.05, 3.63) is 23.8 Å². The fourth-order valence-corrected chi connectivity index (χ4v) is 2.62. The summed E-state index contributed by atoms with van der Waals surface area (Å²) in [5.41, 5.74) is 0.473. The molecule has 21 heavy (non-hydrogen) atoms. The van der Waals surface area contributed by atoms with Crippen LogP contribution in [0.1, 0.15) is 57.4 Å². The number of unbranched alkanes of at least 4 members (excludes halogenated alkanes) is 5. The van der Waals surface area contributed by atoms with E-state index >= 15 is 0 Å². The molecule has 0 saturated carbocycles. The number of rotatable bonds is 10. The SMILES string of the molecule is CCCCCCCCC(OC)(OC)c1cccc(O)c1O. The first-order valence-corrected chi connectivity index (χ1v) is 7.73. The average Bonchev–Trinajstić information content (AvgIpc) is 2.50. The molecule has 120 valence electrons. The Labute approximate surface area is 127 Å². The molecule has 1 aromatic carbocycles. The van der Waals surface area contributed by atoms with Crippen LogP contribution in [-0.2, 0) is 15.3 Å². The topological polar surface area (TPSA) is 58.9 Å². The number of methoxy groups -OCH3 is 2. The van der Waals surface area contributed by atoms with E-state index in [0.717, 1.165) is 12.8 Å². The molecule has 0 heterocycles. The summed E-state index contributed by atoms with van der Waals surface area (Å²) in [5, 5.41) is 19.7. The lowest BCUT2D eigenvalue weighted by Crippen LogP contribution is -2.31. The molecule has 4 heteroatoms. The minimum atomic E-state index is -1.01. The second-order valence-electron chi connectivity index (χ2n) is 5.35. The standard InChI is InChI=1S/C17H28O4/c1-4-5-6-7-8-9-13-17(20-2,21-3)14-11-10-12-15(18)16(14)19/h10-12,18-19H,4-9,13H2,1-3H3. The Bertz CT molecular complexity index is 413. The molecule has 0 atom stereocenters. The number of ether oxygens (including phenoxy) is 2. The number of para-hydroxylation sites is 1. The van der Waals surface area contributed by atoms with Crippen molar-refractivity contribution in [1.82, 2.24) is 0 Å². The quantitative estimate of drug-likeness (QED) is 0.384. The number of aromatic hydroxyl groups is 2. The van der Waals surface area contributed by atoms with Gasteiger partial charge in [-0.25, -0.2) is 0 Å².